The van der Waals surface area contributed by atoms with Crippen molar-refractivity contribution in [3.05, 3.63) is 96.5 Å². The van der Waals surface area contributed by atoms with Crippen LogP contribution < -0.4 is 19.7 Å². The van der Waals surface area contributed by atoms with Gasteiger partial charge in [-0.25, -0.2) is 4.98 Å². The number of carbonyl (C=O) groups is 2. The molecule has 0 saturated heterocycles. The summed E-state index contributed by atoms with van der Waals surface area (Å²) >= 11 is 0. The van der Waals surface area contributed by atoms with Crippen LogP contribution in [0, 0.1) is 0 Å². The summed E-state index contributed by atoms with van der Waals surface area (Å²) in [5.74, 6) is 0.699. The van der Waals surface area contributed by atoms with Gasteiger partial charge in [0, 0.05) is 25.5 Å². The van der Waals surface area contributed by atoms with Gasteiger partial charge >= 0.3 is 0 Å². The number of likely N-dealkylation sites (N-methyl/N-ethyl adjacent to an activating group) is 1. The molecular formula is C27H24N4O4. The molecule has 1 N–H and O–H groups in total. The summed E-state index contributed by atoms with van der Waals surface area (Å²) in [4.78, 5) is 31.2. The molecule has 1 unspecified atom stereocenters. The van der Waals surface area contributed by atoms with Crippen LogP contribution in [0.4, 0.5) is 5.69 Å². The molecule has 1 atom stereocenters. The zero-order chi connectivity index (χ0) is 24.2. The van der Waals surface area contributed by atoms with Crippen LogP contribution >= 0.6 is 0 Å². The van der Waals surface area contributed by atoms with Crippen molar-refractivity contribution in [3.8, 4) is 11.5 Å². The van der Waals surface area contributed by atoms with Crippen molar-refractivity contribution in [1.82, 2.24) is 14.7 Å². The molecule has 3 heterocycles. The molecule has 0 spiro atoms. The fourth-order valence-electron chi connectivity index (χ4n) is 3.89. The second-order valence-corrected chi connectivity index (χ2v) is 8.03. The molecule has 2 aromatic carbocycles. The van der Waals surface area contributed by atoms with E-state index >= 15 is 0 Å². The molecule has 176 valence electrons. The summed E-state index contributed by atoms with van der Waals surface area (Å²) in [7, 11) is 1.54. The number of fused-ring (bicyclic) bond motifs is 2. The van der Waals surface area contributed by atoms with Crippen LogP contribution in [0.15, 0.2) is 85.2 Å². The molecule has 2 amide bonds. The topological polar surface area (TPSA) is 85.2 Å². The van der Waals surface area contributed by atoms with Gasteiger partial charge in [0.25, 0.3) is 11.8 Å². The molecule has 0 aliphatic carbocycles. The van der Waals surface area contributed by atoms with Crippen LogP contribution in [0.1, 0.15) is 11.3 Å². The second-order valence-electron chi connectivity index (χ2n) is 8.03. The minimum atomic E-state index is -0.767. The van der Waals surface area contributed by atoms with Crippen LogP contribution in [0.5, 0.6) is 11.5 Å². The highest BCUT2D eigenvalue weighted by molar-refractivity contribution is 6.05. The van der Waals surface area contributed by atoms with Crippen molar-refractivity contribution in [2.45, 2.75) is 12.7 Å². The Morgan fingerprint density at radius 1 is 1.11 bits per heavy atom. The first-order valence-corrected chi connectivity index (χ1v) is 11.2. The summed E-state index contributed by atoms with van der Waals surface area (Å²) in [5, 5.41) is 2.58. The first kappa shape index (κ1) is 22.2. The monoisotopic (exact) mass is 468 g/mol. The third-order valence-corrected chi connectivity index (χ3v) is 5.68. The number of anilines is 1. The predicted molar refractivity (Wildman–Crippen MR) is 132 cm³/mol. The van der Waals surface area contributed by atoms with E-state index in [1.165, 1.54) is 6.08 Å². The van der Waals surface area contributed by atoms with E-state index in [-0.39, 0.29) is 18.4 Å². The minimum Gasteiger partial charge on any atom is -0.487 e. The van der Waals surface area contributed by atoms with Gasteiger partial charge in [0.1, 0.15) is 23.8 Å². The molecule has 0 radical (unpaired) electrons. The SMILES string of the molecule is CNC(=O)C1CN(C(=O)C=Cc2ccc(OCc3cn4ccccc4n3)cc2)c2ccccc2O1. The summed E-state index contributed by atoms with van der Waals surface area (Å²) in [6, 6.07) is 20.5. The maximum absolute atomic E-state index is 13.0. The lowest BCUT2D eigenvalue weighted by Gasteiger charge is -2.33. The number of para-hydroxylation sites is 2. The maximum Gasteiger partial charge on any atom is 0.262 e. The van der Waals surface area contributed by atoms with Gasteiger partial charge in [-0.05, 0) is 48.0 Å². The molecule has 0 fully saturated rings. The number of imidazole rings is 1. The molecule has 4 aromatic rings. The van der Waals surface area contributed by atoms with Gasteiger partial charge in [0.15, 0.2) is 6.10 Å². The van der Waals surface area contributed by atoms with Crippen LogP contribution in [-0.2, 0) is 16.2 Å². The summed E-state index contributed by atoms with van der Waals surface area (Å²) in [6.07, 6.45) is 6.35. The van der Waals surface area contributed by atoms with Gasteiger partial charge in [-0.3, -0.25) is 9.59 Å². The molecule has 2 aromatic heterocycles. The summed E-state index contributed by atoms with van der Waals surface area (Å²) in [5.41, 5.74) is 3.20. The highest BCUT2D eigenvalue weighted by atomic mass is 16.5. The number of hydrogen-bond donors (Lipinski definition) is 1. The third-order valence-electron chi connectivity index (χ3n) is 5.68. The number of pyridine rings is 1. The van der Waals surface area contributed by atoms with Gasteiger partial charge < -0.3 is 24.1 Å². The Morgan fingerprint density at radius 3 is 2.71 bits per heavy atom. The lowest BCUT2D eigenvalue weighted by Crippen LogP contribution is -2.49. The number of hydrogen-bond acceptors (Lipinski definition) is 5. The van der Waals surface area contributed by atoms with E-state index < -0.39 is 6.10 Å². The molecule has 8 nitrogen and oxygen atoms in total. The zero-order valence-electron chi connectivity index (χ0n) is 19.1. The van der Waals surface area contributed by atoms with Crippen molar-refractivity contribution in [2.24, 2.45) is 0 Å². The average molecular weight is 469 g/mol. The van der Waals surface area contributed by atoms with Gasteiger partial charge in [-0.15, -0.1) is 0 Å². The first-order chi connectivity index (χ1) is 17.1. The fourth-order valence-corrected chi connectivity index (χ4v) is 3.89. The van der Waals surface area contributed by atoms with E-state index in [0.717, 1.165) is 16.9 Å². The van der Waals surface area contributed by atoms with E-state index in [0.29, 0.717) is 23.8 Å². The lowest BCUT2D eigenvalue weighted by molar-refractivity contribution is -0.127. The number of ether oxygens (including phenoxy) is 2. The molecule has 1 aliphatic heterocycles. The van der Waals surface area contributed by atoms with Crippen molar-refractivity contribution < 1.29 is 19.1 Å². The first-order valence-electron chi connectivity index (χ1n) is 11.2. The fraction of sp³-hybridized carbons (Fsp3) is 0.148. The van der Waals surface area contributed by atoms with Gasteiger partial charge in [0.05, 0.1) is 17.9 Å². The molecule has 0 saturated carbocycles. The van der Waals surface area contributed by atoms with Crippen LogP contribution in [0.3, 0.4) is 0 Å². The molecule has 8 heteroatoms. The van der Waals surface area contributed by atoms with E-state index in [1.54, 1.807) is 30.2 Å². The Labute approximate surface area is 202 Å². The Balaban J connectivity index is 1.24. The molecule has 0 bridgehead atoms. The summed E-state index contributed by atoms with van der Waals surface area (Å²) in [6.45, 7) is 0.494. The minimum absolute atomic E-state index is 0.135. The van der Waals surface area contributed by atoms with Crippen LogP contribution in [0.2, 0.25) is 0 Å². The number of rotatable bonds is 6. The Kier molecular flexibility index (Phi) is 6.17. The largest absolute Gasteiger partial charge is 0.487 e. The van der Waals surface area contributed by atoms with Gasteiger partial charge in [0.2, 0.25) is 0 Å². The van der Waals surface area contributed by atoms with Crippen molar-refractivity contribution in [2.75, 3.05) is 18.5 Å². The third kappa shape index (κ3) is 4.86. The Hall–Kier alpha value is -4.59. The van der Waals surface area contributed by atoms with Crippen LogP contribution in [0.25, 0.3) is 11.7 Å². The van der Waals surface area contributed by atoms with Crippen molar-refractivity contribution in [1.29, 1.82) is 0 Å². The van der Waals surface area contributed by atoms with Gasteiger partial charge in [-0.2, -0.15) is 0 Å². The molecule has 35 heavy (non-hydrogen) atoms. The highest BCUT2D eigenvalue weighted by Gasteiger charge is 2.32. The number of nitrogens with one attached hydrogen (secondary N) is 1. The number of carbonyl (C=O) groups excluding carboxylic acids is 2. The quantitative estimate of drug-likeness (QED) is 0.438. The highest BCUT2D eigenvalue weighted by Crippen LogP contribution is 2.33. The standard InChI is InChI=1S/C27H24N4O4/c1-28-27(33)24-17-31(22-6-2-3-7-23(22)35-24)26(32)14-11-19-9-12-21(13-10-19)34-18-20-16-30-15-5-4-8-25(30)29-20/h2-16,24H,17-18H2,1H3,(H,28,33). The normalized spacial score (nSPS) is 15.0. The number of amides is 2. The Morgan fingerprint density at radius 2 is 1.91 bits per heavy atom. The van der Waals surface area contributed by atoms with E-state index in [4.69, 9.17) is 9.47 Å². The van der Waals surface area contributed by atoms with Crippen LogP contribution in [-0.4, -0.2) is 40.9 Å². The van der Waals surface area contributed by atoms with Gasteiger partial charge in [-0.1, -0.05) is 30.3 Å². The van der Waals surface area contributed by atoms with E-state index in [2.05, 4.69) is 10.3 Å². The summed E-state index contributed by atoms with van der Waals surface area (Å²) < 4.78 is 13.6. The van der Waals surface area contributed by atoms with Crippen molar-refractivity contribution in [3.63, 3.8) is 0 Å². The molecule has 1 aliphatic rings. The van der Waals surface area contributed by atoms with Crippen molar-refractivity contribution >= 4 is 29.2 Å². The number of benzene rings is 2. The average Bonchev–Trinajstić information content (AvgIpc) is 3.33. The predicted octanol–water partition coefficient (Wildman–Crippen LogP) is 3.47. The number of nitrogens with zero attached hydrogens (tertiary/aromatic N) is 3. The second kappa shape index (κ2) is 9.72. The maximum atomic E-state index is 13.0. The smallest absolute Gasteiger partial charge is 0.262 e. The Bertz CT molecular complexity index is 1360. The molecule has 5 rings (SSSR count). The van der Waals surface area contributed by atoms with E-state index in [9.17, 15) is 9.59 Å². The number of aromatic nitrogens is 2. The zero-order valence-corrected chi connectivity index (χ0v) is 19.1. The molecular weight excluding hydrogens is 444 g/mol. The lowest BCUT2D eigenvalue weighted by atomic mass is 10.1. The van der Waals surface area contributed by atoms with E-state index in [1.807, 2.05) is 71.4 Å².